The van der Waals surface area contributed by atoms with Gasteiger partial charge < -0.3 is 20.2 Å². The highest BCUT2D eigenvalue weighted by molar-refractivity contribution is 6.30. The number of piperidine rings is 1. The summed E-state index contributed by atoms with van der Waals surface area (Å²) in [6.45, 7) is 13.1. The molecular weight excluding hydrogens is 478 g/mol. The maximum atomic E-state index is 13.6. The molecule has 0 spiro atoms. The first-order valence-corrected chi connectivity index (χ1v) is 13.2. The zero-order valence-corrected chi connectivity index (χ0v) is 22.7. The number of nitrogens with zero attached hydrogens (tertiary/aromatic N) is 2. The Kier molecular flexibility index (Phi) is 8.88. The fourth-order valence-electron chi connectivity index (χ4n) is 5.34. The van der Waals surface area contributed by atoms with Gasteiger partial charge in [-0.3, -0.25) is 14.4 Å². The molecule has 7 nitrogen and oxygen atoms in total. The van der Waals surface area contributed by atoms with E-state index >= 15 is 0 Å². The molecule has 0 bridgehead atoms. The van der Waals surface area contributed by atoms with Gasteiger partial charge in [-0.2, -0.15) is 0 Å². The molecule has 0 radical (unpaired) electrons. The van der Waals surface area contributed by atoms with Crippen molar-refractivity contribution < 1.29 is 19.5 Å². The maximum Gasteiger partial charge on any atom is 0.245 e. The summed E-state index contributed by atoms with van der Waals surface area (Å²) in [6.07, 6.45) is 3.72. The third-order valence-electron chi connectivity index (χ3n) is 7.79. The normalized spacial score (nSPS) is 24.5. The lowest BCUT2D eigenvalue weighted by molar-refractivity contribution is -0.157. The molecule has 198 valence electrons. The Bertz CT molecular complexity index is 978. The summed E-state index contributed by atoms with van der Waals surface area (Å²) in [5.41, 5.74) is -0.930. The van der Waals surface area contributed by atoms with Crippen molar-refractivity contribution in [3.63, 3.8) is 0 Å². The molecule has 2 saturated heterocycles. The van der Waals surface area contributed by atoms with Crippen LogP contribution in [0.1, 0.15) is 58.9 Å². The number of nitrogens with one attached hydrogen (secondary N) is 1. The largest absolute Gasteiger partial charge is 0.384 e. The molecule has 3 amide bonds. The lowest BCUT2D eigenvalue weighted by Gasteiger charge is -2.51. The fraction of sp³-hybridized carbons (Fsp3) is 0.607. The minimum absolute atomic E-state index is 0.0328. The second-order valence-corrected chi connectivity index (χ2v) is 11.6. The number of benzene rings is 1. The van der Waals surface area contributed by atoms with E-state index in [0.29, 0.717) is 56.9 Å². The zero-order valence-electron chi connectivity index (χ0n) is 21.9. The van der Waals surface area contributed by atoms with Gasteiger partial charge in [0.2, 0.25) is 17.7 Å². The van der Waals surface area contributed by atoms with Crippen LogP contribution in [-0.4, -0.2) is 64.8 Å². The van der Waals surface area contributed by atoms with Crippen LogP contribution < -0.4 is 5.32 Å². The summed E-state index contributed by atoms with van der Waals surface area (Å²) < 4.78 is 0. The number of halogens is 1. The van der Waals surface area contributed by atoms with E-state index in [-0.39, 0.29) is 29.6 Å². The van der Waals surface area contributed by atoms with Gasteiger partial charge in [0, 0.05) is 43.0 Å². The number of carbonyl (C=O) groups excluding carboxylic acids is 3. The number of hydrogen-bond acceptors (Lipinski definition) is 4. The predicted molar refractivity (Wildman–Crippen MR) is 141 cm³/mol. The van der Waals surface area contributed by atoms with Gasteiger partial charge in [-0.1, -0.05) is 57.5 Å². The van der Waals surface area contributed by atoms with Crippen LogP contribution in [0.25, 0.3) is 0 Å². The van der Waals surface area contributed by atoms with E-state index in [1.54, 1.807) is 28.0 Å². The summed E-state index contributed by atoms with van der Waals surface area (Å²) in [5, 5.41) is 15.2. The Morgan fingerprint density at radius 1 is 1.19 bits per heavy atom. The van der Waals surface area contributed by atoms with Gasteiger partial charge in [0.25, 0.3) is 0 Å². The van der Waals surface area contributed by atoms with Crippen molar-refractivity contribution in [3.8, 4) is 0 Å². The smallest absolute Gasteiger partial charge is 0.245 e. The molecule has 0 aliphatic carbocycles. The Morgan fingerprint density at radius 3 is 2.44 bits per heavy atom. The summed E-state index contributed by atoms with van der Waals surface area (Å²) in [5.74, 6) is -0.713. The summed E-state index contributed by atoms with van der Waals surface area (Å²) in [7, 11) is 0. The predicted octanol–water partition coefficient (Wildman–Crippen LogP) is 3.74. The van der Waals surface area contributed by atoms with E-state index in [9.17, 15) is 19.5 Å². The summed E-state index contributed by atoms with van der Waals surface area (Å²) in [6, 6.07) is 6.55. The van der Waals surface area contributed by atoms with Crippen LogP contribution in [0.2, 0.25) is 5.02 Å². The first-order chi connectivity index (χ1) is 16.9. The molecule has 1 aromatic carbocycles. The molecule has 2 fully saturated rings. The third-order valence-corrected chi connectivity index (χ3v) is 8.04. The van der Waals surface area contributed by atoms with Gasteiger partial charge in [-0.05, 0) is 42.9 Å². The lowest BCUT2D eigenvalue weighted by atomic mass is 9.66. The second kappa shape index (κ2) is 11.3. The van der Waals surface area contributed by atoms with Crippen LogP contribution in [0.5, 0.6) is 0 Å². The van der Waals surface area contributed by atoms with Crippen molar-refractivity contribution in [1.82, 2.24) is 15.1 Å². The lowest BCUT2D eigenvalue weighted by Crippen LogP contribution is -2.60. The Labute approximate surface area is 219 Å². The van der Waals surface area contributed by atoms with E-state index in [1.165, 1.54) is 0 Å². The van der Waals surface area contributed by atoms with Crippen molar-refractivity contribution >= 4 is 29.3 Å². The Balaban J connectivity index is 1.65. The number of likely N-dealkylation sites (tertiary alicyclic amines) is 2. The Hall–Kier alpha value is -2.38. The zero-order chi connectivity index (χ0) is 26.7. The molecule has 36 heavy (non-hydrogen) atoms. The van der Waals surface area contributed by atoms with Crippen molar-refractivity contribution in [1.29, 1.82) is 0 Å². The average molecular weight is 518 g/mol. The highest BCUT2D eigenvalue weighted by Crippen LogP contribution is 2.46. The number of allylic oxidation sites excluding steroid dienone is 1. The monoisotopic (exact) mass is 517 g/mol. The number of aliphatic hydroxyl groups is 1. The minimum Gasteiger partial charge on any atom is -0.384 e. The fourth-order valence-corrected chi connectivity index (χ4v) is 5.46. The topological polar surface area (TPSA) is 90.0 Å². The van der Waals surface area contributed by atoms with E-state index in [4.69, 9.17) is 11.6 Å². The van der Waals surface area contributed by atoms with E-state index < -0.39 is 17.1 Å². The standard InChI is InChI=1S/C28H40ClN3O4/c1-6-7-8-23(33)31-15-13-20(17-31)25(34)30-24(19(2)3)26(35)32-16-14-28(36,27(4,5)18-32)21-9-11-22(29)12-10-21/h6,9-12,19-20,24,36H,1,7-8,13-18H2,2-5H3,(H,30,34)/t20-,24-,28+/m1/s1. The number of hydrogen-bond donors (Lipinski definition) is 2. The molecule has 3 rings (SSSR count). The van der Waals surface area contributed by atoms with Crippen molar-refractivity contribution in [3.05, 3.63) is 47.5 Å². The number of rotatable bonds is 8. The third kappa shape index (κ3) is 5.94. The van der Waals surface area contributed by atoms with E-state index in [1.807, 2.05) is 39.8 Å². The maximum absolute atomic E-state index is 13.6. The molecule has 2 N–H and O–H groups in total. The average Bonchev–Trinajstić information content (AvgIpc) is 3.33. The van der Waals surface area contributed by atoms with Crippen LogP contribution in [0.3, 0.4) is 0 Å². The van der Waals surface area contributed by atoms with Gasteiger partial charge in [0.1, 0.15) is 6.04 Å². The minimum atomic E-state index is -1.10. The van der Waals surface area contributed by atoms with Crippen LogP contribution in [0.15, 0.2) is 36.9 Å². The van der Waals surface area contributed by atoms with Crippen molar-refractivity contribution in [2.24, 2.45) is 17.3 Å². The van der Waals surface area contributed by atoms with Gasteiger partial charge in [-0.15, -0.1) is 6.58 Å². The summed E-state index contributed by atoms with van der Waals surface area (Å²) in [4.78, 5) is 42.5. The molecule has 0 aromatic heterocycles. The molecule has 2 aliphatic heterocycles. The SMILES string of the molecule is C=CCCC(=O)N1CC[C@@H](C(=O)N[C@@H](C(=O)N2CC[C@](O)(c3ccc(Cl)cc3)C(C)(C)C2)C(C)C)C1. The van der Waals surface area contributed by atoms with Crippen LogP contribution in [-0.2, 0) is 20.0 Å². The molecule has 8 heteroatoms. The van der Waals surface area contributed by atoms with Crippen molar-refractivity contribution in [2.45, 2.75) is 65.0 Å². The number of carbonyl (C=O) groups is 3. The van der Waals surface area contributed by atoms with Crippen LogP contribution in [0, 0.1) is 17.3 Å². The first-order valence-electron chi connectivity index (χ1n) is 12.9. The van der Waals surface area contributed by atoms with E-state index in [2.05, 4.69) is 11.9 Å². The summed E-state index contributed by atoms with van der Waals surface area (Å²) >= 11 is 6.04. The molecular formula is C28H40ClN3O4. The molecule has 3 atom stereocenters. The molecule has 2 aliphatic rings. The highest BCUT2D eigenvalue weighted by atomic mass is 35.5. The number of amides is 3. The molecule has 0 saturated carbocycles. The first kappa shape index (κ1) is 28.2. The quantitative estimate of drug-likeness (QED) is 0.514. The molecule has 1 aromatic rings. The van der Waals surface area contributed by atoms with Gasteiger partial charge in [-0.25, -0.2) is 0 Å². The Morgan fingerprint density at radius 2 is 1.86 bits per heavy atom. The van der Waals surface area contributed by atoms with Crippen LogP contribution in [0.4, 0.5) is 0 Å². The molecule has 0 unspecified atom stereocenters. The highest BCUT2D eigenvalue weighted by Gasteiger charge is 2.50. The van der Waals surface area contributed by atoms with Gasteiger partial charge in [0.15, 0.2) is 0 Å². The van der Waals surface area contributed by atoms with Crippen molar-refractivity contribution in [2.75, 3.05) is 26.2 Å². The van der Waals surface area contributed by atoms with E-state index in [0.717, 1.165) is 5.56 Å². The second-order valence-electron chi connectivity index (χ2n) is 11.1. The van der Waals surface area contributed by atoms with Gasteiger partial charge in [0.05, 0.1) is 11.5 Å². The van der Waals surface area contributed by atoms with Gasteiger partial charge >= 0.3 is 0 Å². The van der Waals surface area contributed by atoms with Crippen LogP contribution >= 0.6 is 11.6 Å². The molecule has 2 heterocycles.